The average Bonchev–Trinajstić information content (AvgIpc) is 3.35. The number of carbonyl (C=O) groups excluding carboxylic acids is 3. The molecule has 8 heteroatoms. The molecule has 3 amide bonds. The van der Waals surface area contributed by atoms with Gasteiger partial charge in [-0.25, -0.2) is 4.79 Å². The number of benzene rings is 1. The van der Waals surface area contributed by atoms with E-state index in [1.54, 1.807) is 0 Å². The Morgan fingerprint density at radius 1 is 0.739 bits per heavy atom. The van der Waals surface area contributed by atoms with Gasteiger partial charge in [0, 0.05) is 18.3 Å². The normalized spacial score (nSPS) is 14.7. The number of aromatic nitrogens is 1. The van der Waals surface area contributed by atoms with Gasteiger partial charge in [-0.15, -0.1) is 0 Å². The molecule has 2 heterocycles. The zero-order valence-electron chi connectivity index (χ0n) is 28.3. The molecule has 1 unspecified atom stereocenters. The largest absolute Gasteiger partial charge is 0.493 e. The van der Waals surface area contributed by atoms with Gasteiger partial charge >= 0.3 is 6.09 Å². The number of carbonyl (C=O) groups is 3. The van der Waals surface area contributed by atoms with E-state index in [0.29, 0.717) is 24.3 Å². The Morgan fingerprint density at radius 3 is 1.85 bits per heavy atom. The lowest BCUT2D eigenvalue weighted by Crippen LogP contribution is -2.38. The van der Waals surface area contributed by atoms with Crippen LogP contribution < -0.4 is 4.74 Å². The zero-order valence-corrected chi connectivity index (χ0v) is 29.1. The monoisotopic (exact) mass is 652 g/mol. The number of nitrogens with zero attached hydrogens (tertiary/aromatic N) is 2. The first-order chi connectivity index (χ1) is 22.5. The van der Waals surface area contributed by atoms with Crippen LogP contribution in [0.15, 0.2) is 42.6 Å². The molecule has 0 N–H and O–H groups in total. The van der Waals surface area contributed by atoms with Crippen molar-refractivity contribution in [3.05, 3.63) is 59.4 Å². The highest BCUT2D eigenvalue weighted by Crippen LogP contribution is 2.30. The number of amides is 3. The van der Waals surface area contributed by atoms with Crippen LogP contribution in [-0.2, 0) is 28.8 Å². The molecule has 3 rings (SSSR count). The van der Waals surface area contributed by atoms with Gasteiger partial charge in [0.25, 0.3) is 11.1 Å². The predicted molar refractivity (Wildman–Crippen MR) is 187 cm³/mol. The highest BCUT2D eigenvalue weighted by Gasteiger charge is 2.44. The van der Waals surface area contributed by atoms with E-state index < -0.39 is 22.5 Å². The zero-order chi connectivity index (χ0) is 32.8. The Kier molecular flexibility index (Phi) is 18.5. The number of imide groups is 3. The van der Waals surface area contributed by atoms with E-state index >= 15 is 0 Å². The van der Waals surface area contributed by atoms with Crippen molar-refractivity contribution in [3.63, 3.8) is 0 Å². The number of hydrogen-bond donors (Lipinski definition) is 0. The molecular weight excluding hydrogens is 596 g/mol. The topological polar surface area (TPSA) is 85.8 Å². The van der Waals surface area contributed by atoms with Crippen molar-refractivity contribution in [2.24, 2.45) is 0 Å². The van der Waals surface area contributed by atoms with Crippen LogP contribution in [0.4, 0.5) is 9.59 Å². The number of unbranched alkanes of at least 4 members (excludes halogenated alkanes) is 15. The van der Waals surface area contributed by atoms with Gasteiger partial charge < -0.3 is 9.47 Å². The van der Waals surface area contributed by atoms with E-state index in [9.17, 15) is 14.4 Å². The molecule has 0 aliphatic carbocycles. The second kappa shape index (κ2) is 22.6. The molecule has 1 aromatic heterocycles. The average molecular weight is 653 g/mol. The summed E-state index contributed by atoms with van der Waals surface area (Å²) in [5, 5.41) is -1.20. The first-order valence-corrected chi connectivity index (χ1v) is 18.8. The molecule has 1 atom stereocenters. The lowest BCUT2D eigenvalue weighted by molar-refractivity contribution is -0.125. The van der Waals surface area contributed by atoms with E-state index in [1.807, 2.05) is 36.5 Å². The molecule has 254 valence electrons. The number of hydrogen-bond acceptors (Lipinski definition) is 7. The maximum absolute atomic E-state index is 12.9. The third-order valence-corrected chi connectivity index (χ3v) is 9.63. The van der Waals surface area contributed by atoms with Crippen LogP contribution in [0.25, 0.3) is 0 Å². The van der Waals surface area contributed by atoms with Crippen LogP contribution in [0.5, 0.6) is 5.75 Å². The van der Waals surface area contributed by atoms with Gasteiger partial charge in [-0.1, -0.05) is 128 Å². The SMILES string of the molecule is CCCCCCCCCCCCCCCCCCOC(=O)N1C(=O)SC(Cc2ccc(OCCc3ccc(CC)cn3)cc2)C1=O. The summed E-state index contributed by atoms with van der Waals surface area (Å²) in [6, 6.07) is 11.6. The quantitative estimate of drug-likeness (QED) is 0.104. The minimum Gasteiger partial charge on any atom is -0.493 e. The van der Waals surface area contributed by atoms with Crippen LogP contribution in [0.1, 0.15) is 133 Å². The van der Waals surface area contributed by atoms with E-state index in [4.69, 9.17) is 9.47 Å². The van der Waals surface area contributed by atoms with Crippen molar-refractivity contribution in [3.8, 4) is 5.75 Å². The van der Waals surface area contributed by atoms with E-state index in [-0.39, 0.29) is 6.61 Å². The fourth-order valence-corrected chi connectivity index (χ4v) is 6.64. The molecule has 0 radical (unpaired) electrons. The molecule has 7 nitrogen and oxygen atoms in total. The third kappa shape index (κ3) is 14.3. The van der Waals surface area contributed by atoms with Gasteiger partial charge in [-0.05, 0) is 60.4 Å². The number of thioether (sulfide) groups is 1. The van der Waals surface area contributed by atoms with Crippen LogP contribution >= 0.6 is 11.8 Å². The number of pyridine rings is 1. The lowest BCUT2D eigenvalue weighted by Gasteiger charge is -2.13. The fourth-order valence-electron chi connectivity index (χ4n) is 5.65. The molecule has 0 saturated carbocycles. The summed E-state index contributed by atoms with van der Waals surface area (Å²) in [5.41, 5.74) is 3.10. The van der Waals surface area contributed by atoms with Gasteiger partial charge in [0.1, 0.15) is 5.75 Å². The minimum atomic E-state index is -0.853. The molecule has 46 heavy (non-hydrogen) atoms. The molecular formula is C38H56N2O5S. The highest BCUT2D eigenvalue weighted by molar-refractivity contribution is 8.15. The minimum absolute atomic E-state index is 0.227. The van der Waals surface area contributed by atoms with Crippen LogP contribution in [0, 0.1) is 0 Å². The molecule has 1 saturated heterocycles. The van der Waals surface area contributed by atoms with E-state index in [2.05, 4.69) is 24.9 Å². The summed E-state index contributed by atoms with van der Waals surface area (Å²) in [6.45, 7) is 5.11. The molecule has 1 aliphatic rings. The van der Waals surface area contributed by atoms with Crippen molar-refractivity contribution >= 4 is 29.0 Å². The van der Waals surface area contributed by atoms with Crippen molar-refractivity contribution < 1.29 is 23.9 Å². The molecule has 1 fully saturated rings. The molecule has 1 aromatic carbocycles. The van der Waals surface area contributed by atoms with Gasteiger partial charge in [-0.3, -0.25) is 14.6 Å². The van der Waals surface area contributed by atoms with Crippen molar-refractivity contribution in [1.82, 2.24) is 9.88 Å². The third-order valence-electron chi connectivity index (χ3n) is 8.59. The van der Waals surface area contributed by atoms with Gasteiger partial charge in [0.05, 0.1) is 18.5 Å². The lowest BCUT2D eigenvalue weighted by atomic mass is 10.0. The molecule has 1 aliphatic heterocycles. The van der Waals surface area contributed by atoms with Gasteiger partial charge in [0.2, 0.25) is 0 Å². The molecule has 2 aromatic rings. The second-order valence-electron chi connectivity index (χ2n) is 12.4. The van der Waals surface area contributed by atoms with Crippen molar-refractivity contribution in [2.45, 2.75) is 141 Å². The summed E-state index contributed by atoms with van der Waals surface area (Å²) in [6.07, 6.45) is 23.4. The number of aryl methyl sites for hydroxylation is 1. The van der Waals surface area contributed by atoms with Crippen LogP contribution in [-0.4, -0.2) is 45.6 Å². The fraction of sp³-hybridized carbons (Fsp3) is 0.632. The summed E-state index contributed by atoms with van der Waals surface area (Å²) >= 11 is 0.887. The summed E-state index contributed by atoms with van der Waals surface area (Å²) in [7, 11) is 0. The van der Waals surface area contributed by atoms with E-state index in [1.165, 1.54) is 89.0 Å². The Labute approximate surface area is 281 Å². The van der Waals surface area contributed by atoms with E-state index in [0.717, 1.165) is 54.5 Å². The van der Waals surface area contributed by atoms with Crippen LogP contribution in [0.3, 0.4) is 0 Å². The highest BCUT2D eigenvalue weighted by atomic mass is 32.2. The maximum Gasteiger partial charge on any atom is 0.424 e. The second-order valence-corrected chi connectivity index (χ2v) is 13.6. The summed E-state index contributed by atoms with van der Waals surface area (Å²) in [4.78, 5) is 43.0. The van der Waals surface area contributed by atoms with Crippen molar-refractivity contribution in [1.29, 1.82) is 0 Å². The Hall–Kier alpha value is -2.87. The smallest absolute Gasteiger partial charge is 0.424 e. The number of ether oxygens (including phenoxy) is 2. The predicted octanol–water partition coefficient (Wildman–Crippen LogP) is 10.3. The van der Waals surface area contributed by atoms with Crippen molar-refractivity contribution in [2.75, 3.05) is 13.2 Å². The Morgan fingerprint density at radius 2 is 1.30 bits per heavy atom. The van der Waals surface area contributed by atoms with Crippen LogP contribution in [0.2, 0.25) is 0 Å². The molecule has 0 spiro atoms. The first-order valence-electron chi connectivity index (χ1n) is 17.9. The molecule has 0 bridgehead atoms. The summed E-state index contributed by atoms with van der Waals surface area (Å²) < 4.78 is 11.1. The number of rotatable bonds is 24. The van der Waals surface area contributed by atoms with Gasteiger partial charge in [0.15, 0.2) is 0 Å². The van der Waals surface area contributed by atoms with Gasteiger partial charge in [-0.2, -0.15) is 4.90 Å². The summed E-state index contributed by atoms with van der Waals surface area (Å²) in [5.74, 6) is 0.226. The first kappa shape index (κ1) is 37.6. The maximum atomic E-state index is 12.9. The standard InChI is InChI=1S/C38H56N2O5S/c1-3-5-6-7-8-9-10-11-12-13-14-15-16-17-18-19-27-45-37(42)40-36(41)35(46-38(40)43)29-32-21-24-34(25-22-32)44-28-26-33-23-20-31(4-2)30-39-33/h20-25,30,35H,3-19,26-29H2,1-2H3. The Balaban J connectivity index is 1.21. The Bertz CT molecular complexity index is 1150.